The van der Waals surface area contributed by atoms with Crippen LogP contribution in [0.25, 0.3) is 16.9 Å². The van der Waals surface area contributed by atoms with Gasteiger partial charge in [0.15, 0.2) is 5.65 Å². The molecule has 5 rings (SSSR count). The third-order valence-electron chi connectivity index (χ3n) is 5.91. The summed E-state index contributed by atoms with van der Waals surface area (Å²) in [7, 11) is 0. The molecule has 0 spiro atoms. The van der Waals surface area contributed by atoms with E-state index in [4.69, 9.17) is 16.6 Å². The predicted octanol–water partition coefficient (Wildman–Crippen LogP) is 7.31. The highest BCUT2D eigenvalue weighted by molar-refractivity contribution is 9.10. The molecule has 37 heavy (non-hydrogen) atoms. The van der Waals surface area contributed by atoms with Gasteiger partial charge in [0.05, 0.1) is 22.4 Å². The number of carbonyl (C=O) groups excluding carboxylic acids is 1. The summed E-state index contributed by atoms with van der Waals surface area (Å²) in [5.74, 6) is 0.780. The molecule has 2 heterocycles. The van der Waals surface area contributed by atoms with Gasteiger partial charge in [0, 0.05) is 28.9 Å². The van der Waals surface area contributed by atoms with Crippen LogP contribution in [0.5, 0.6) is 0 Å². The number of hydrogen-bond donors (Lipinski definition) is 3. The van der Waals surface area contributed by atoms with Crippen LogP contribution in [-0.2, 0) is 6.54 Å². The maximum Gasteiger partial charge on any atom is 0.319 e. The minimum Gasteiger partial charge on any atom is -0.366 e. The van der Waals surface area contributed by atoms with E-state index in [0.29, 0.717) is 22.9 Å². The van der Waals surface area contributed by atoms with Gasteiger partial charge >= 0.3 is 6.03 Å². The van der Waals surface area contributed by atoms with Crippen LogP contribution in [0, 0.1) is 0 Å². The smallest absolute Gasteiger partial charge is 0.319 e. The van der Waals surface area contributed by atoms with Crippen LogP contribution < -0.4 is 16.0 Å². The summed E-state index contributed by atoms with van der Waals surface area (Å²) >= 11 is 9.96. The molecular weight excluding hydrogens is 552 g/mol. The van der Waals surface area contributed by atoms with Crippen molar-refractivity contribution < 1.29 is 4.79 Å². The number of nitrogens with one attached hydrogen (secondary N) is 3. The van der Waals surface area contributed by atoms with E-state index in [1.165, 1.54) is 0 Å². The Bertz CT molecular complexity index is 1540. The monoisotopic (exact) mass is 574 g/mol. The Morgan fingerprint density at radius 2 is 1.76 bits per heavy atom. The lowest BCUT2D eigenvalue weighted by Crippen LogP contribution is -2.31. The molecule has 2 amide bonds. The first-order chi connectivity index (χ1) is 18.0. The van der Waals surface area contributed by atoms with Crippen molar-refractivity contribution in [1.82, 2.24) is 19.9 Å². The van der Waals surface area contributed by atoms with Crippen molar-refractivity contribution in [2.75, 3.05) is 10.6 Å². The molecule has 9 heteroatoms. The van der Waals surface area contributed by atoms with Crippen LogP contribution in [-0.4, -0.2) is 20.6 Å². The molecule has 0 saturated heterocycles. The lowest BCUT2D eigenvalue weighted by atomic mass is 10.1. The number of anilines is 2. The van der Waals surface area contributed by atoms with Crippen LogP contribution in [0.3, 0.4) is 0 Å². The SMILES string of the molecule is C[C@@H](NC(=O)Nc1ccc(CNc2cc(-c3ccccc3Cl)nc3c(Br)cnn23)cc1)c1ccccc1. The molecule has 0 radical (unpaired) electrons. The van der Waals surface area contributed by atoms with Crippen molar-refractivity contribution in [2.24, 2.45) is 0 Å². The van der Waals surface area contributed by atoms with Crippen LogP contribution in [0.2, 0.25) is 5.02 Å². The molecule has 0 unspecified atom stereocenters. The fourth-order valence-electron chi connectivity index (χ4n) is 3.96. The molecule has 5 aromatic rings. The Morgan fingerprint density at radius 3 is 2.51 bits per heavy atom. The Morgan fingerprint density at radius 1 is 1.03 bits per heavy atom. The fraction of sp³-hybridized carbons (Fsp3) is 0.107. The average Bonchev–Trinajstić information content (AvgIpc) is 3.29. The quantitative estimate of drug-likeness (QED) is 0.190. The Labute approximate surface area is 228 Å². The maximum absolute atomic E-state index is 12.4. The summed E-state index contributed by atoms with van der Waals surface area (Å²) in [5.41, 5.74) is 5.08. The van der Waals surface area contributed by atoms with Crippen molar-refractivity contribution in [1.29, 1.82) is 0 Å². The van der Waals surface area contributed by atoms with E-state index < -0.39 is 0 Å². The molecule has 2 aromatic heterocycles. The maximum atomic E-state index is 12.4. The number of carbonyl (C=O) groups is 1. The molecule has 0 bridgehead atoms. The standard InChI is InChI=1S/C28H24BrClN6O/c1-18(20-7-3-2-4-8-20)33-28(37)34-21-13-11-19(12-14-21)16-31-26-15-25(22-9-5-6-10-24(22)30)35-27-23(29)17-32-36(26)27/h2-15,17-18,31H,16H2,1H3,(H2,33,34,37)/t18-/m1/s1. The van der Waals surface area contributed by atoms with Gasteiger partial charge in [0.25, 0.3) is 0 Å². The van der Waals surface area contributed by atoms with Crippen molar-refractivity contribution >= 4 is 50.7 Å². The molecule has 0 aliphatic rings. The molecule has 186 valence electrons. The van der Waals surface area contributed by atoms with Crippen molar-refractivity contribution in [2.45, 2.75) is 19.5 Å². The van der Waals surface area contributed by atoms with Gasteiger partial charge in [-0.2, -0.15) is 9.61 Å². The van der Waals surface area contributed by atoms with Crippen LogP contribution in [0.15, 0.2) is 95.6 Å². The Kier molecular flexibility index (Phi) is 7.39. The average molecular weight is 576 g/mol. The summed E-state index contributed by atoms with van der Waals surface area (Å²) in [6, 6.07) is 26.7. The molecule has 3 aromatic carbocycles. The van der Waals surface area contributed by atoms with Gasteiger partial charge in [-0.3, -0.25) is 0 Å². The van der Waals surface area contributed by atoms with Gasteiger partial charge in [-0.15, -0.1) is 0 Å². The minimum absolute atomic E-state index is 0.0973. The van der Waals surface area contributed by atoms with E-state index in [1.807, 2.05) is 91.9 Å². The summed E-state index contributed by atoms with van der Waals surface area (Å²) in [4.78, 5) is 17.2. The molecule has 1 atom stereocenters. The molecule has 3 N–H and O–H groups in total. The first kappa shape index (κ1) is 24.8. The number of aromatic nitrogens is 3. The van der Waals surface area contributed by atoms with Crippen molar-refractivity contribution in [3.05, 3.63) is 112 Å². The third-order valence-corrected chi connectivity index (χ3v) is 6.80. The van der Waals surface area contributed by atoms with Crippen molar-refractivity contribution in [3.8, 4) is 11.3 Å². The lowest BCUT2D eigenvalue weighted by molar-refractivity contribution is 0.249. The van der Waals surface area contributed by atoms with Gasteiger partial charge < -0.3 is 16.0 Å². The number of rotatable bonds is 7. The van der Waals surface area contributed by atoms with E-state index in [1.54, 1.807) is 10.7 Å². The highest BCUT2D eigenvalue weighted by Gasteiger charge is 2.13. The van der Waals surface area contributed by atoms with Gasteiger partial charge in [0.1, 0.15) is 5.82 Å². The van der Waals surface area contributed by atoms with Crippen LogP contribution >= 0.6 is 27.5 Å². The van der Waals surface area contributed by atoms with E-state index >= 15 is 0 Å². The molecule has 7 nitrogen and oxygen atoms in total. The summed E-state index contributed by atoms with van der Waals surface area (Å²) in [6.45, 7) is 2.51. The molecule has 0 saturated carbocycles. The van der Waals surface area contributed by atoms with E-state index in [-0.39, 0.29) is 12.1 Å². The lowest BCUT2D eigenvalue weighted by Gasteiger charge is -2.15. The molecule has 0 fully saturated rings. The topological polar surface area (TPSA) is 83.4 Å². The zero-order valence-corrected chi connectivity index (χ0v) is 22.3. The van der Waals surface area contributed by atoms with Crippen LogP contribution in [0.4, 0.5) is 16.3 Å². The van der Waals surface area contributed by atoms with Gasteiger partial charge in [-0.25, -0.2) is 9.78 Å². The van der Waals surface area contributed by atoms with E-state index in [9.17, 15) is 4.79 Å². The Hall–Kier alpha value is -3.88. The largest absolute Gasteiger partial charge is 0.366 e. The second-order valence-corrected chi connectivity index (χ2v) is 9.78. The highest BCUT2D eigenvalue weighted by Crippen LogP contribution is 2.30. The molecule has 0 aliphatic carbocycles. The zero-order chi connectivity index (χ0) is 25.8. The molecular formula is C28H24BrClN6O. The summed E-state index contributed by atoms with van der Waals surface area (Å²) < 4.78 is 2.54. The summed E-state index contributed by atoms with van der Waals surface area (Å²) in [5, 5.41) is 14.4. The van der Waals surface area contributed by atoms with Gasteiger partial charge in [-0.05, 0) is 52.2 Å². The number of nitrogens with zero attached hydrogens (tertiary/aromatic N) is 3. The van der Waals surface area contributed by atoms with E-state index in [0.717, 1.165) is 32.7 Å². The zero-order valence-electron chi connectivity index (χ0n) is 20.0. The van der Waals surface area contributed by atoms with Crippen molar-refractivity contribution in [3.63, 3.8) is 0 Å². The number of benzene rings is 3. The highest BCUT2D eigenvalue weighted by atomic mass is 79.9. The summed E-state index contributed by atoms with van der Waals surface area (Å²) in [6.07, 6.45) is 1.72. The number of amides is 2. The predicted molar refractivity (Wildman–Crippen MR) is 152 cm³/mol. The first-order valence-corrected chi connectivity index (χ1v) is 12.9. The number of fused-ring (bicyclic) bond motifs is 1. The number of urea groups is 1. The third kappa shape index (κ3) is 5.76. The fourth-order valence-corrected chi connectivity index (χ4v) is 4.54. The number of hydrogen-bond acceptors (Lipinski definition) is 4. The second kappa shape index (κ2) is 11.0. The molecule has 0 aliphatic heterocycles. The van der Waals surface area contributed by atoms with Crippen LogP contribution in [0.1, 0.15) is 24.1 Å². The first-order valence-electron chi connectivity index (χ1n) is 11.7. The van der Waals surface area contributed by atoms with Gasteiger partial charge in [-0.1, -0.05) is 72.3 Å². The minimum atomic E-state index is -0.252. The number of halogens is 2. The Balaban J connectivity index is 1.27. The van der Waals surface area contributed by atoms with E-state index in [2.05, 4.69) is 37.0 Å². The second-order valence-electron chi connectivity index (χ2n) is 8.52. The normalized spacial score (nSPS) is 11.8. The van der Waals surface area contributed by atoms with Gasteiger partial charge in [0.2, 0.25) is 0 Å².